The van der Waals surface area contributed by atoms with Crippen LogP contribution in [0.15, 0.2) is 18.2 Å². The number of nitrogens with one attached hydrogen (secondary N) is 2. The Hall–Kier alpha value is -2.64. The first kappa shape index (κ1) is 16.4. The molecule has 1 aromatic rings. The molecule has 0 atom stereocenters. The largest absolute Gasteiger partial charge is 0.478 e. The molecule has 0 saturated carbocycles. The minimum atomic E-state index is -1.30. The summed E-state index contributed by atoms with van der Waals surface area (Å²) in [7, 11) is 0. The predicted molar refractivity (Wildman–Crippen MR) is 73.4 cm³/mol. The van der Waals surface area contributed by atoms with Crippen molar-refractivity contribution in [2.45, 2.75) is 13.8 Å². The van der Waals surface area contributed by atoms with Gasteiger partial charge in [0.05, 0.1) is 16.7 Å². The van der Waals surface area contributed by atoms with E-state index in [-0.39, 0.29) is 17.8 Å². The van der Waals surface area contributed by atoms with Gasteiger partial charge in [0.25, 0.3) is 0 Å². The molecule has 8 heteroatoms. The summed E-state index contributed by atoms with van der Waals surface area (Å²) in [5.74, 6) is -2.59. The number of amides is 3. The highest BCUT2D eigenvalue weighted by Crippen LogP contribution is 2.17. The Bertz CT molecular complexity index is 587. The van der Waals surface area contributed by atoms with Crippen LogP contribution in [0.3, 0.4) is 0 Å². The van der Waals surface area contributed by atoms with Gasteiger partial charge in [0.1, 0.15) is 5.82 Å². The third-order valence-electron chi connectivity index (χ3n) is 2.82. The first-order chi connectivity index (χ1) is 9.63. The monoisotopic (exact) mass is 297 g/mol. The van der Waals surface area contributed by atoms with Gasteiger partial charge in [0, 0.05) is 6.54 Å². The van der Waals surface area contributed by atoms with Crippen LogP contribution in [0.4, 0.5) is 14.9 Å². The standard InChI is InChI=1S/C13H16FN3O4/c1-13(2,11(15)20)6-16-12(21)17-9-5-7(14)3-4-8(9)10(18)19/h3-5H,6H2,1-2H3,(H2,15,20)(H,18,19)(H2,16,17,21). The summed E-state index contributed by atoms with van der Waals surface area (Å²) >= 11 is 0. The minimum absolute atomic E-state index is 0.0497. The number of nitrogens with two attached hydrogens (primary N) is 1. The second-order valence-electron chi connectivity index (χ2n) is 5.05. The van der Waals surface area contributed by atoms with Gasteiger partial charge in [0.15, 0.2) is 0 Å². The molecule has 0 spiro atoms. The maximum absolute atomic E-state index is 13.1. The summed E-state index contributed by atoms with van der Waals surface area (Å²) in [6.45, 7) is 3.03. The van der Waals surface area contributed by atoms with Crippen LogP contribution in [0.5, 0.6) is 0 Å². The molecule has 0 aliphatic carbocycles. The summed E-state index contributed by atoms with van der Waals surface area (Å²) in [6, 6.07) is 2.14. The van der Waals surface area contributed by atoms with E-state index < -0.39 is 29.1 Å². The molecule has 0 unspecified atom stereocenters. The molecule has 0 saturated heterocycles. The summed E-state index contributed by atoms with van der Waals surface area (Å²) in [6.07, 6.45) is 0. The van der Waals surface area contributed by atoms with Crippen molar-refractivity contribution in [1.29, 1.82) is 0 Å². The van der Waals surface area contributed by atoms with E-state index in [0.717, 1.165) is 18.2 Å². The first-order valence-corrected chi connectivity index (χ1v) is 6.01. The smallest absolute Gasteiger partial charge is 0.337 e. The van der Waals surface area contributed by atoms with Crippen molar-refractivity contribution in [1.82, 2.24) is 5.32 Å². The molecule has 0 fully saturated rings. The molecule has 21 heavy (non-hydrogen) atoms. The van der Waals surface area contributed by atoms with E-state index in [1.165, 1.54) is 0 Å². The lowest BCUT2D eigenvalue weighted by Crippen LogP contribution is -2.43. The highest BCUT2D eigenvalue weighted by Gasteiger charge is 2.25. The van der Waals surface area contributed by atoms with Crippen LogP contribution in [-0.2, 0) is 4.79 Å². The maximum Gasteiger partial charge on any atom is 0.337 e. The van der Waals surface area contributed by atoms with Gasteiger partial charge >= 0.3 is 12.0 Å². The molecule has 0 aliphatic heterocycles. The SMILES string of the molecule is CC(C)(CNC(=O)Nc1cc(F)ccc1C(=O)O)C(N)=O. The second-order valence-corrected chi connectivity index (χ2v) is 5.05. The molecule has 3 amide bonds. The Morgan fingerprint density at radius 2 is 1.95 bits per heavy atom. The van der Waals surface area contributed by atoms with Gasteiger partial charge in [-0.3, -0.25) is 4.79 Å². The number of benzene rings is 1. The zero-order chi connectivity index (χ0) is 16.2. The number of carbonyl (C=O) groups excluding carboxylic acids is 2. The molecular weight excluding hydrogens is 281 g/mol. The molecule has 0 aromatic heterocycles. The average Bonchev–Trinajstić information content (AvgIpc) is 2.36. The normalized spacial score (nSPS) is 10.8. The Kier molecular flexibility index (Phi) is 4.85. The second kappa shape index (κ2) is 6.21. The molecule has 0 aliphatic rings. The summed E-state index contributed by atoms with van der Waals surface area (Å²) < 4.78 is 13.1. The highest BCUT2D eigenvalue weighted by atomic mass is 19.1. The van der Waals surface area contributed by atoms with Gasteiger partial charge in [-0.2, -0.15) is 0 Å². The van der Waals surface area contributed by atoms with Gasteiger partial charge in [-0.1, -0.05) is 0 Å². The highest BCUT2D eigenvalue weighted by molar-refractivity contribution is 6.00. The van der Waals surface area contributed by atoms with Crippen LogP contribution in [0.1, 0.15) is 24.2 Å². The number of aromatic carboxylic acids is 1. The zero-order valence-electron chi connectivity index (χ0n) is 11.6. The van der Waals surface area contributed by atoms with Crippen molar-refractivity contribution in [3.05, 3.63) is 29.6 Å². The van der Waals surface area contributed by atoms with Crippen LogP contribution in [0.2, 0.25) is 0 Å². The molecule has 114 valence electrons. The van der Waals surface area contributed by atoms with Crippen molar-refractivity contribution in [3.63, 3.8) is 0 Å². The first-order valence-electron chi connectivity index (χ1n) is 6.01. The van der Waals surface area contributed by atoms with Gasteiger partial charge in [0.2, 0.25) is 5.91 Å². The van der Waals surface area contributed by atoms with Crippen molar-refractivity contribution in [2.24, 2.45) is 11.1 Å². The quantitative estimate of drug-likeness (QED) is 0.651. The third-order valence-corrected chi connectivity index (χ3v) is 2.82. The summed E-state index contributed by atoms with van der Waals surface area (Å²) in [5, 5.41) is 13.5. The lowest BCUT2D eigenvalue weighted by Gasteiger charge is -2.21. The van der Waals surface area contributed by atoms with Gasteiger partial charge < -0.3 is 21.5 Å². The Balaban J connectivity index is 2.78. The van der Waals surface area contributed by atoms with Crippen LogP contribution in [0, 0.1) is 11.2 Å². The Morgan fingerprint density at radius 1 is 1.33 bits per heavy atom. The van der Waals surface area contributed by atoms with E-state index in [2.05, 4.69) is 10.6 Å². The number of primary amides is 1. The van der Waals surface area contributed by atoms with E-state index in [4.69, 9.17) is 10.8 Å². The number of anilines is 1. The topological polar surface area (TPSA) is 122 Å². The van der Waals surface area contributed by atoms with Crippen LogP contribution in [0.25, 0.3) is 0 Å². The fraction of sp³-hybridized carbons (Fsp3) is 0.308. The molecule has 5 N–H and O–H groups in total. The molecular formula is C13H16FN3O4. The molecule has 0 radical (unpaired) electrons. The fourth-order valence-electron chi connectivity index (χ4n) is 1.36. The lowest BCUT2D eigenvalue weighted by atomic mass is 9.93. The zero-order valence-corrected chi connectivity index (χ0v) is 11.6. The van der Waals surface area contributed by atoms with Crippen LogP contribution >= 0.6 is 0 Å². The van der Waals surface area contributed by atoms with E-state index >= 15 is 0 Å². The van der Waals surface area contributed by atoms with E-state index in [1.54, 1.807) is 13.8 Å². The lowest BCUT2D eigenvalue weighted by molar-refractivity contribution is -0.125. The van der Waals surface area contributed by atoms with Crippen LogP contribution in [-0.4, -0.2) is 29.6 Å². The van der Waals surface area contributed by atoms with Crippen molar-refractivity contribution < 1.29 is 23.9 Å². The number of hydrogen-bond acceptors (Lipinski definition) is 3. The van der Waals surface area contributed by atoms with Gasteiger partial charge in [-0.25, -0.2) is 14.0 Å². The number of carbonyl (C=O) groups is 3. The number of urea groups is 1. The molecule has 1 aromatic carbocycles. The van der Waals surface area contributed by atoms with Crippen molar-refractivity contribution in [2.75, 3.05) is 11.9 Å². The fourth-order valence-corrected chi connectivity index (χ4v) is 1.36. The molecule has 1 rings (SSSR count). The van der Waals surface area contributed by atoms with Crippen molar-refractivity contribution in [3.8, 4) is 0 Å². The number of carboxylic acids is 1. The van der Waals surface area contributed by atoms with Gasteiger partial charge in [-0.05, 0) is 32.0 Å². The molecule has 0 heterocycles. The van der Waals surface area contributed by atoms with Crippen molar-refractivity contribution >= 4 is 23.6 Å². The van der Waals surface area contributed by atoms with Gasteiger partial charge in [-0.15, -0.1) is 0 Å². The predicted octanol–water partition coefficient (Wildman–Crippen LogP) is 1.16. The molecule has 0 bridgehead atoms. The Morgan fingerprint density at radius 3 is 2.48 bits per heavy atom. The number of halogens is 1. The van der Waals surface area contributed by atoms with E-state index in [0.29, 0.717) is 0 Å². The third kappa shape index (κ3) is 4.44. The van der Waals surface area contributed by atoms with Crippen LogP contribution < -0.4 is 16.4 Å². The molecule has 7 nitrogen and oxygen atoms in total. The number of carboxylic acid groups (broad SMARTS) is 1. The summed E-state index contributed by atoms with van der Waals surface area (Å²) in [5.41, 5.74) is 3.76. The number of hydrogen-bond donors (Lipinski definition) is 4. The maximum atomic E-state index is 13.1. The summed E-state index contributed by atoms with van der Waals surface area (Å²) in [4.78, 5) is 33.7. The number of rotatable bonds is 5. The minimum Gasteiger partial charge on any atom is -0.478 e. The van der Waals surface area contributed by atoms with E-state index in [1.807, 2.05) is 0 Å². The average molecular weight is 297 g/mol. The van der Waals surface area contributed by atoms with E-state index in [9.17, 15) is 18.8 Å². The Labute approximate surface area is 120 Å².